The third-order valence-electron chi connectivity index (χ3n) is 3.48. The Morgan fingerprint density at radius 1 is 1.41 bits per heavy atom. The van der Waals surface area contributed by atoms with Gasteiger partial charge in [-0.1, -0.05) is 6.92 Å². The van der Waals surface area contributed by atoms with Crippen LogP contribution in [0.4, 0.5) is 0 Å². The van der Waals surface area contributed by atoms with Crippen LogP contribution < -0.4 is 5.32 Å². The molecule has 17 heavy (non-hydrogen) atoms. The van der Waals surface area contributed by atoms with Crippen LogP contribution in [0.15, 0.2) is 6.33 Å². The highest BCUT2D eigenvalue weighted by atomic mass is 15.3. The van der Waals surface area contributed by atoms with Gasteiger partial charge in [-0.2, -0.15) is 5.10 Å². The Kier molecular flexibility index (Phi) is 4.50. The minimum Gasteiger partial charge on any atom is -0.307 e. The first-order valence-corrected chi connectivity index (χ1v) is 6.58. The molecule has 0 unspecified atom stereocenters. The largest absolute Gasteiger partial charge is 0.307 e. The molecule has 1 saturated heterocycles. The van der Waals surface area contributed by atoms with Gasteiger partial charge in [-0.3, -0.25) is 4.68 Å². The van der Waals surface area contributed by atoms with E-state index >= 15 is 0 Å². The van der Waals surface area contributed by atoms with Gasteiger partial charge in [0.1, 0.15) is 12.2 Å². The average molecular weight is 237 g/mol. The lowest BCUT2D eigenvalue weighted by atomic mass is 10.0. The summed E-state index contributed by atoms with van der Waals surface area (Å²) in [7, 11) is 1.94. The van der Waals surface area contributed by atoms with Gasteiger partial charge in [0, 0.05) is 13.1 Å². The number of hydrogen-bond donors (Lipinski definition) is 1. The number of hydrogen-bond acceptors (Lipinski definition) is 4. The first-order valence-electron chi connectivity index (χ1n) is 6.58. The van der Waals surface area contributed by atoms with E-state index in [-0.39, 0.29) is 0 Å². The number of aromatic nitrogens is 3. The van der Waals surface area contributed by atoms with E-state index in [2.05, 4.69) is 27.2 Å². The molecule has 5 nitrogen and oxygen atoms in total. The third-order valence-corrected chi connectivity index (χ3v) is 3.48. The molecule has 0 aliphatic carbocycles. The molecule has 1 fully saturated rings. The monoisotopic (exact) mass is 237 g/mol. The zero-order valence-electron chi connectivity index (χ0n) is 10.9. The fourth-order valence-electron chi connectivity index (χ4n) is 2.39. The first-order chi connectivity index (χ1) is 8.29. The van der Waals surface area contributed by atoms with E-state index in [1.807, 2.05) is 11.7 Å². The summed E-state index contributed by atoms with van der Waals surface area (Å²) in [6, 6.07) is 0.639. The van der Waals surface area contributed by atoms with Crippen LogP contribution in [0.2, 0.25) is 0 Å². The molecule has 0 aromatic carbocycles. The molecule has 0 saturated carbocycles. The molecule has 0 amide bonds. The number of nitrogens with zero attached hydrogens (tertiary/aromatic N) is 4. The maximum absolute atomic E-state index is 4.22. The van der Waals surface area contributed by atoms with Crippen LogP contribution in [0.5, 0.6) is 0 Å². The van der Waals surface area contributed by atoms with Crippen LogP contribution in [-0.2, 0) is 13.6 Å². The molecule has 2 rings (SSSR count). The Balaban J connectivity index is 1.70. The Morgan fingerprint density at radius 3 is 2.76 bits per heavy atom. The summed E-state index contributed by atoms with van der Waals surface area (Å²) in [6.07, 6.45) is 5.37. The molecule has 0 radical (unpaired) electrons. The molecule has 0 bridgehead atoms. The predicted octanol–water partition coefficient (Wildman–Crippen LogP) is 0.779. The highest BCUT2D eigenvalue weighted by molar-refractivity contribution is 4.85. The normalized spacial score (nSPS) is 18.7. The molecular formula is C12H23N5. The fraction of sp³-hybridized carbons (Fsp3) is 0.833. The van der Waals surface area contributed by atoms with Crippen molar-refractivity contribution in [1.82, 2.24) is 25.0 Å². The molecule has 0 atom stereocenters. The number of aryl methyl sites for hydroxylation is 1. The molecule has 96 valence electrons. The minimum atomic E-state index is 0.639. The molecule has 5 heteroatoms. The molecular weight excluding hydrogens is 214 g/mol. The van der Waals surface area contributed by atoms with Gasteiger partial charge >= 0.3 is 0 Å². The first kappa shape index (κ1) is 12.5. The average Bonchev–Trinajstić information content (AvgIpc) is 2.75. The van der Waals surface area contributed by atoms with Crippen LogP contribution in [-0.4, -0.2) is 45.3 Å². The summed E-state index contributed by atoms with van der Waals surface area (Å²) in [4.78, 5) is 6.78. The smallest absolute Gasteiger partial charge is 0.140 e. The lowest BCUT2D eigenvalue weighted by Crippen LogP contribution is -2.42. The topological polar surface area (TPSA) is 46.0 Å². The maximum Gasteiger partial charge on any atom is 0.140 e. The molecule has 0 spiro atoms. The highest BCUT2D eigenvalue weighted by Crippen LogP contribution is 2.10. The maximum atomic E-state index is 4.22. The quantitative estimate of drug-likeness (QED) is 0.822. The van der Waals surface area contributed by atoms with Crippen molar-refractivity contribution in [2.75, 3.05) is 19.6 Å². The summed E-state index contributed by atoms with van der Waals surface area (Å²) in [5.41, 5.74) is 0. The minimum absolute atomic E-state index is 0.639. The van der Waals surface area contributed by atoms with Crippen molar-refractivity contribution in [1.29, 1.82) is 0 Å². The number of rotatable bonds is 5. The second-order valence-electron chi connectivity index (χ2n) is 4.80. The van der Waals surface area contributed by atoms with Crippen molar-refractivity contribution in [2.45, 2.75) is 38.8 Å². The highest BCUT2D eigenvalue weighted by Gasteiger charge is 2.18. The van der Waals surface area contributed by atoms with Crippen LogP contribution in [0.3, 0.4) is 0 Å². The standard InChI is InChI=1S/C12H23N5/c1-3-6-17-7-4-11(5-8-17)13-9-12-14-10-15-16(12)2/h10-11,13H,3-9H2,1-2H3. The molecule has 1 aromatic rings. The van der Waals surface area contributed by atoms with Crippen molar-refractivity contribution < 1.29 is 0 Å². The van der Waals surface area contributed by atoms with Gasteiger partial charge in [0.25, 0.3) is 0 Å². The second-order valence-corrected chi connectivity index (χ2v) is 4.80. The van der Waals surface area contributed by atoms with Gasteiger partial charge in [0.2, 0.25) is 0 Å². The lowest BCUT2D eigenvalue weighted by Gasteiger charge is -2.32. The summed E-state index contributed by atoms with van der Waals surface area (Å²) < 4.78 is 1.83. The molecule has 1 aliphatic rings. The Labute approximate surface area is 103 Å². The third kappa shape index (κ3) is 3.51. The van der Waals surface area contributed by atoms with Crippen LogP contribution in [0.25, 0.3) is 0 Å². The van der Waals surface area contributed by atoms with E-state index in [0.29, 0.717) is 6.04 Å². The van der Waals surface area contributed by atoms with Gasteiger partial charge in [-0.25, -0.2) is 4.98 Å². The van der Waals surface area contributed by atoms with Gasteiger partial charge in [-0.05, 0) is 38.9 Å². The van der Waals surface area contributed by atoms with Crippen molar-refractivity contribution in [3.05, 3.63) is 12.2 Å². The second kappa shape index (κ2) is 6.12. The summed E-state index contributed by atoms with van der Waals surface area (Å²) in [5.74, 6) is 1.01. The fourth-order valence-corrected chi connectivity index (χ4v) is 2.39. The number of nitrogens with one attached hydrogen (secondary N) is 1. The molecule has 2 heterocycles. The van der Waals surface area contributed by atoms with E-state index < -0.39 is 0 Å². The van der Waals surface area contributed by atoms with Crippen molar-refractivity contribution in [3.8, 4) is 0 Å². The van der Waals surface area contributed by atoms with Crippen molar-refractivity contribution in [3.63, 3.8) is 0 Å². The predicted molar refractivity (Wildman–Crippen MR) is 67.6 cm³/mol. The van der Waals surface area contributed by atoms with Crippen molar-refractivity contribution >= 4 is 0 Å². The van der Waals surface area contributed by atoms with Gasteiger partial charge in [-0.15, -0.1) is 0 Å². The summed E-state index contributed by atoms with van der Waals surface area (Å²) >= 11 is 0. The van der Waals surface area contributed by atoms with Crippen LogP contribution in [0.1, 0.15) is 32.0 Å². The summed E-state index contributed by atoms with van der Waals surface area (Å²) in [5, 5.41) is 7.65. The SMILES string of the molecule is CCCN1CCC(NCc2ncnn2C)CC1. The van der Waals surface area contributed by atoms with Crippen LogP contribution in [0, 0.1) is 0 Å². The van der Waals surface area contributed by atoms with Crippen molar-refractivity contribution in [2.24, 2.45) is 7.05 Å². The number of likely N-dealkylation sites (tertiary alicyclic amines) is 1. The van der Waals surface area contributed by atoms with E-state index in [0.717, 1.165) is 12.4 Å². The molecule has 1 aliphatic heterocycles. The lowest BCUT2D eigenvalue weighted by molar-refractivity contribution is 0.197. The van der Waals surface area contributed by atoms with E-state index in [1.165, 1.54) is 38.9 Å². The van der Waals surface area contributed by atoms with Gasteiger partial charge in [0.05, 0.1) is 6.54 Å². The zero-order chi connectivity index (χ0) is 12.1. The van der Waals surface area contributed by atoms with Crippen LogP contribution >= 0.6 is 0 Å². The molecule has 1 N–H and O–H groups in total. The van der Waals surface area contributed by atoms with E-state index in [4.69, 9.17) is 0 Å². The van der Waals surface area contributed by atoms with E-state index in [1.54, 1.807) is 6.33 Å². The van der Waals surface area contributed by atoms with E-state index in [9.17, 15) is 0 Å². The Bertz CT molecular complexity index is 327. The number of piperidine rings is 1. The van der Waals surface area contributed by atoms with Gasteiger partial charge in [0.15, 0.2) is 0 Å². The zero-order valence-corrected chi connectivity index (χ0v) is 10.9. The summed E-state index contributed by atoms with van der Waals surface area (Å²) in [6.45, 7) is 6.78. The molecule has 1 aromatic heterocycles. The Morgan fingerprint density at radius 2 is 2.18 bits per heavy atom. The van der Waals surface area contributed by atoms with Gasteiger partial charge < -0.3 is 10.2 Å². The Hall–Kier alpha value is -0.940.